The fourth-order valence-electron chi connectivity index (χ4n) is 5.97. The molecule has 3 aromatic heterocycles. The molecule has 2 N–H and O–H groups in total. The van der Waals surface area contributed by atoms with Gasteiger partial charge in [0.25, 0.3) is 0 Å². The first-order valence-electron chi connectivity index (χ1n) is 15.4. The molecule has 0 atom stereocenters. The van der Waals surface area contributed by atoms with Gasteiger partial charge in [-0.3, -0.25) is 0 Å². The molecule has 0 aliphatic carbocycles. The molecule has 6 aromatic rings. The number of rotatable bonds is 2. The lowest BCUT2D eigenvalue weighted by atomic mass is 10.0. The molecule has 0 fully saturated rings. The lowest BCUT2D eigenvalue weighted by Crippen LogP contribution is -1.91. The van der Waals surface area contributed by atoms with E-state index in [0.717, 1.165) is 78.2 Å². The van der Waals surface area contributed by atoms with Gasteiger partial charge in [0, 0.05) is 38.8 Å². The molecule has 2 aliphatic heterocycles. The molecule has 46 heavy (non-hydrogen) atoms. The third-order valence-electron chi connectivity index (χ3n) is 8.36. The predicted molar refractivity (Wildman–Crippen MR) is 192 cm³/mol. The second-order valence-corrected chi connectivity index (χ2v) is 11.7. The monoisotopic (exact) mass is 590 g/mol. The van der Waals surface area contributed by atoms with Crippen molar-refractivity contribution in [2.75, 3.05) is 0 Å². The zero-order chi connectivity index (χ0) is 31.0. The van der Waals surface area contributed by atoms with Gasteiger partial charge < -0.3 is 9.97 Å². The zero-order valence-corrected chi connectivity index (χ0v) is 25.6. The van der Waals surface area contributed by atoms with Gasteiger partial charge in [-0.15, -0.1) is 0 Å². The fourth-order valence-corrected chi connectivity index (χ4v) is 5.97. The van der Waals surface area contributed by atoms with E-state index < -0.39 is 0 Å². The van der Waals surface area contributed by atoms with Crippen molar-refractivity contribution in [3.8, 4) is 34.1 Å². The Labute approximate surface area is 267 Å². The highest BCUT2D eigenvalue weighted by Crippen LogP contribution is 2.33. The second kappa shape index (κ2) is 11.4. The quantitative estimate of drug-likeness (QED) is 0.197. The van der Waals surface area contributed by atoms with Crippen LogP contribution in [0, 0.1) is 25.7 Å². The molecule has 0 unspecified atom stereocenters. The lowest BCUT2D eigenvalue weighted by molar-refractivity contribution is 1.26. The predicted octanol–water partition coefficient (Wildman–Crippen LogP) is 10.0. The van der Waals surface area contributed by atoms with Crippen LogP contribution in [0.15, 0.2) is 109 Å². The number of nitrogens with one attached hydrogen (secondary N) is 2. The minimum absolute atomic E-state index is 0.785. The van der Waals surface area contributed by atoms with Crippen LogP contribution in [-0.4, -0.2) is 19.9 Å². The number of fused-ring (bicyclic) bond motifs is 8. The molecule has 2 aliphatic rings. The van der Waals surface area contributed by atoms with E-state index in [4.69, 9.17) is 9.97 Å². The summed E-state index contributed by atoms with van der Waals surface area (Å²) in [6.07, 6.45) is 8.29. The summed E-state index contributed by atoms with van der Waals surface area (Å²) in [5.41, 5.74) is 15.7. The standard InChI is InChI=1S/C42H30N4/c1-27-8-13-30(14-9-27)41-37-20-17-32(43-37)26-33-18-21-38(44-33)42(31-15-10-28(2)11-16-31)40-25-23-36(46-40)34(35-22-24-39(41)45-35)19-12-29-6-4-3-5-7-29/h3-11,13-18,20-26,43-44H,1-2H3. The summed E-state index contributed by atoms with van der Waals surface area (Å²) in [5, 5.41) is 0. The number of nitrogens with zero attached hydrogens (tertiary/aromatic N) is 2. The topological polar surface area (TPSA) is 57.4 Å². The van der Waals surface area contributed by atoms with Crippen molar-refractivity contribution in [3.63, 3.8) is 0 Å². The summed E-state index contributed by atoms with van der Waals surface area (Å²) >= 11 is 0. The van der Waals surface area contributed by atoms with Crippen LogP contribution in [-0.2, 0) is 0 Å². The Bertz CT molecular complexity index is 2270. The molecular formula is C42H30N4. The fraction of sp³-hybridized carbons (Fsp3) is 0.0476. The van der Waals surface area contributed by atoms with E-state index >= 15 is 0 Å². The maximum absolute atomic E-state index is 5.22. The first kappa shape index (κ1) is 27.4. The largest absolute Gasteiger partial charge is 0.355 e. The number of aryl methyl sites for hydroxylation is 2. The summed E-state index contributed by atoms with van der Waals surface area (Å²) in [4.78, 5) is 17.8. The van der Waals surface area contributed by atoms with Gasteiger partial charge >= 0.3 is 0 Å². The van der Waals surface area contributed by atoms with Gasteiger partial charge in [0.05, 0.1) is 28.3 Å². The van der Waals surface area contributed by atoms with Crippen molar-refractivity contribution >= 4 is 46.4 Å². The highest BCUT2D eigenvalue weighted by Gasteiger charge is 2.17. The van der Waals surface area contributed by atoms with Crippen molar-refractivity contribution in [1.29, 1.82) is 0 Å². The second-order valence-electron chi connectivity index (χ2n) is 11.7. The maximum atomic E-state index is 5.22. The molecule has 3 aromatic carbocycles. The van der Waals surface area contributed by atoms with Crippen LogP contribution in [0.1, 0.15) is 45.0 Å². The van der Waals surface area contributed by atoms with Gasteiger partial charge in [-0.1, -0.05) is 89.7 Å². The summed E-state index contributed by atoms with van der Waals surface area (Å²) in [6, 6.07) is 37.9. The van der Waals surface area contributed by atoms with Crippen LogP contribution in [0.2, 0.25) is 0 Å². The Hall–Kier alpha value is -6.18. The van der Waals surface area contributed by atoms with Gasteiger partial charge in [0.2, 0.25) is 0 Å². The van der Waals surface area contributed by atoms with Gasteiger partial charge in [0.1, 0.15) is 0 Å². The number of H-pyrrole nitrogens is 2. The molecule has 4 heteroatoms. The molecule has 8 rings (SSSR count). The molecule has 0 saturated heterocycles. The van der Waals surface area contributed by atoms with E-state index in [9.17, 15) is 0 Å². The Morgan fingerprint density at radius 3 is 1.46 bits per heavy atom. The van der Waals surface area contributed by atoms with Gasteiger partial charge in [-0.2, -0.15) is 0 Å². The summed E-state index contributed by atoms with van der Waals surface area (Å²) in [5.74, 6) is 6.83. The van der Waals surface area contributed by atoms with E-state index in [1.807, 2.05) is 30.3 Å². The first-order chi connectivity index (χ1) is 22.6. The van der Waals surface area contributed by atoms with Crippen LogP contribution in [0.5, 0.6) is 0 Å². The number of hydrogen-bond donors (Lipinski definition) is 2. The molecule has 0 amide bonds. The van der Waals surface area contributed by atoms with Crippen molar-refractivity contribution in [2.24, 2.45) is 0 Å². The van der Waals surface area contributed by atoms with Gasteiger partial charge in [-0.05, 0) is 91.7 Å². The molecular weight excluding hydrogens is 560 g/mol. The van der Waals surface area contributed by atoms with E-state index in [2.05, 4.69) is 139 Å². The molecule has 4 nitrogen and oxygen atoms in total. The molecule has 0 saturated carbocycles. The normalized spacial score (nSPS) is 11.8. The third kappa shape index (κ3) is 5.25. The number of aromatic amines is 2. The minimum Gasteiger partial charge on any atom is -0.355 e. The number of benzene rings is 3. The Morgan fingerprint density at radius 2 is 0.957 bits per heavy atom. The van der Waals surface area contributed by atoms with Crippen molar-refractivity contribution in [1.82, 2.24) is 19.9 Å². The SMILES string of the molecule is Cc1ccc(-c2c3nc(c(C#Cc4ccccc4)c4nc(c(-c5ccc(C)cc5)c5ccc(cc6ccc2[nH]6)[nH]5)C=C4)C=C3)cc1. The molecule has 5 heterocycles. The van der Waals surface area contributed by atoms with Crippen LogP contribution in [0.25, 0.3) is 68.6 Å². The molecule has 0 radical (unpaired) electrons. The van der Waals surface area contributed by atoms with Crippen molar-refractivity contribution < 1.29 is 0 Å². The van der Waals surface area contributed by atoms with E-state index in [1.165, 1.54) is 11.1 Å². The Balaban J connectivity index is 1.49. The first-order valence-corrected chi connectivity index (χ1v) is 15.4. The lowest BCUT2D eigenvalue weighted by Gasteiger charge is -2.05. The van der Waals surface area contributed by atoms with E-state index in [0.29, 0.717) is 0 Å². The Morgan fingerprint density at radius 1 is 0.478 bits per heavy atom. The molecule has 0 spiro atoms. The maximum Gasteiger partial charge on any atom is 0.0816 e. The summed E-state index contributed by atoms with van der Waals surface area (Å²) in [7, 11) is 0. The zero-order valence-electron chi connectivity index (χ0n) is 25.6. The highest BCUT2D eigenvalue weighted by atomic mass is 14.8. The number of hydrogen-bond acceptors (Lipinski definition) is 2. The summed E-state index contributed by atoms with van der Waals surface area (Å²) in [6.45, 7) is 4.21. The average Bonchev–Trinajstić information content (AvgIpc) is 3.90. The minimum atomic E-state index is 0.785. The smallest absolute Gasteiger partial charge is 0.0816 e. The molecule has 8 bridgehead atoms. The number of aromatic nitrogens is 4. The average molecular weight is 591 g/mol. The van der Waals surface area contributed by atoms with E-state index in [1.54, 1.807) is 0 Å². The van der Waals surface area contributed by atoms with Crippen molar-refractivity contribution in [3.05, 3.63) is 154 Å². The van der Waals surface area contributed by atoms with Crippen LogP contribution < -0.4 is 0 Å². The third-order valence-corrected chi connectivity index (χ3v) is 8.36. The molecule has 218 valence electrons. The van der Waals surface area contributed by atoms with Crippen LogP contribution in [0.4, 0.5) is 0 Å². The highest BCUT2D eigenvalue weighted by molar-refractivity contribution is 5.94. The summed E-state index contributed by atoms with van der Waals surface area (Å²) < 4.78 is 0. The van der Waals surface area contributed by atoms with Crippen molar-refractivity contribution in [2.45, 2.75) is 13.8 Å². The van der Waals surface area contributed by atoms with Gasteiger partial charge in [0.15, 0.2) is 0 Å². The van der Waals surface area contributed by atoms with E-state index in [-0.39, 0.29) is 0 Å². The van der Waals surface area contributed by atoms with Crippen LogP contribution in [0.3, 0.4) is 0 Å². The van der Waals surface area contributed by atoms with Gasteiger partial charge in [-0.25, -0.2) is 9.97 Å². The Kier molecular flexibility index (Phi) is 6.78. The van der Waals surface area contributed by atoms with Crippen LogP contribution >= 0.6 is 0 Å².